The van der Waals surface area contributed by atoms with Crippen LogP contribution in [0, 0.1) is 0 Å². The number of rotatable bonds is 2. The fourth-order valence-electron chi connectivity index (χ4n) is 2.09. The highest BCUT2D eigenvalue weighted by molar-refractivity contribution is 7.09. The Kier molecular flexibility index (Phi) is 1.78. The molecule has 0 saturated heterocycles. The zero-order valence-electron chi connectivity index (χ0n) is 8.17. The van der Waals surface area contributed by atoms with Crippen molar-refractivity contribution in [2.24, 2.45) is 5.73 Å². The van der Waals surface area contributed by atoms with Crippen LogP contribution in [0.15, 0.2) is 5.38 Å². The van der Waals surface area contributed by atoms with E-state index in [0.717, 1.165) is 5.01 Å². The molecule has 15 heavy (non-hydrogen) atoms. The van der Waals surface area contributed by atoms with E-state index in [1.165, 1.54) is 12.8 Å². The highest BCUT2D eigenvalue weighted by Gasteiger charge is 2.56. The molecule has 5 heteroatoms. The van der Waals surface area contributed by atoms with Gasteiger partial charge in [0.05, 0.1) is 16.2 Å². The van der Waals surface area contributed by atoms with Gasteiger partial charge in [-0.1, -0.05) is 0 Å². The lowest BCUT2D eigenvalue weighted by atomic mass is 9.72. The first-order valence-electron chi connectivity index (χ1n) is 5.11. The number of nitrogens with zero attached hydrogens (tertiary/aromatic N) is 1. The number of alkyl halides is 2. The smallest absolute Gasteiger partial charge is 0.252 e. The molecule has 0 spiro atoms. The molecule has 0 aromatic carbocycles. The van der Waals surface area contributed by atoms with Crippen LogP contribution < -0.4 is 5.73 Å². The van der Waals surface area contributed by atoms with Crippen molar-refractivity contribution in [1.82, 2.24) is 4.98 Å². The maximum absolute atomic E-state index is 12.8. The quantitative estimate of drug-likeness (QED) is 0.848. The Morgan fingerprint density at radius 2 is 2.07 bits per heavy atom. The van der Waals surface area contributed by atoms with E-state index in [2.05, 4.69) is 4.98 Å². The molecule has 2 aliphatic rings. The van der Waals surface area contributed by atoms with E-state index in [4.69, 9.17) is 5.73 Å². The molecule has 2 nitrogen and oxygen atoms in total. The van der Waals surface area contributed by atoms with Gasteiger partial charge in [0.1, 0.15) is 0 Å². The first-order valence-corrected chi connectivity index (χ1v) is 5.99. The lowest BCUT2D eigenvalue weighted by molar-refractivity contribution is -0.126. The molecule has 0 bridgehead atoms. The minimum Gasteiger partial charge on any atom is -0.320 e. The maximum Gasteiger partial charge on any atom is 0.252 e. The van der Waals surface area contributed by atoms with E-state index < -0.39 is 11.5 Å². The Labute approximate surface area is 90.5 Å². The topological polar surface area (TPSA) is 38.9 Å². The molecular weight excluding hydrogens is 218 g/mol. The summed E-state index contributed by atoms with van der Waals surface area (Å²) in [5, 5.41) is 2.92. The molecule has 1 aromatic rings. The second kappa shape index (κ2) is 2.77. The number of nitrogens with two attached hydrogens (primary N) is 1. The number of hydrogen-bond donors (Lipinski definition) is 1. The Balaban J connectivity index is 1.81. The fraction of sp³-hybridized carbons (Fsp3) is 0.700. The standard InChI is InChI=1S/C10H12F2N2S/c11-10(12)4-9(13,5-10)7-3-15-8(14-7)6-1-2-6/h3,6H,1-2,4-5,13H2. The molecule has 82 valence electrons. The van der Waals surface area contributed by atoms with Crippen LogP contribution in [0.25, 0.3) is 0 Å². The molecular formula is C10H12F2N2S. The van der Waals surface area contributed by atoms with Crippen molar-refractivity contribution < 1.29 is 8.78 Å². The number of hydrogen-bond acceptors (Lipinski definition) is 3. The zero-order valence-corrected chi connectivity index (χ0v) is 8.99. The van der Waals surface area contributed by atoms with Crippen molar-refractivity contribution in [3.63, 3.8) is 0 Å². The van der Waals surface area contributed by atoms with Crippen LogP contribution in [0.1, 0.15) is 42.3 Å². The Morgan fingerprint density at radius 3 is 2.60 bits per heavy atom. The van der Waals surface area contributed by atoms with E-state index in [9.17, 15) is 8.78 Å². The first kappa shape index (κ1) is 9.66. The van der Waals surface area contributed by atoms with Crippen LogP contribution >= 0.6 is 11.3 Å². The summed E-state index contributed by atoms with van der Waals surface area (Å²) >= 11 is 1.56. The van der Waals surface area contributed by atoms with Crippen molar-refractivity contribution in [3.05, 3.63) is 16.1 Å². The van der Waals surface area contributed by atoms with Crippen molar-refractivity contribution in [2.45, 2.75) is 43.1 Å². The Morgan fingerprint density at radius 1 is 1.40 bits per heavy atom. The Bertz CT molecular complexity index is 390. The van der Waals surface area contributed by atoms with Crippen LogP contribution in [0.3, 0.4) is 0 Å². The molecule has 0 unspecified atom stereocenters. The predicted molar refractivity (Wildman–Crippen MR) is 54.1 cm³/mol. The highest BCUT2D eigenvalue weighted by atomic mass is 32.1. The molecule has 0 amide bonds. The molecule has 2 aliphatic carbocycles. The zero-order chi connectivity index (χ0) is 10.7. The fourth-order valence-corrected chi connectivity index (χ4v) is 3.19. The monoisotopic (exact) mass is 230 g/mol. The summed E-state index contributed by atoms with van der Waals surface area (Å²) in [4.78, 5) is 4.39. The number of aromatic nitrogens is 1. The van der Waals surface area contributed by atoms with Crippen molar-refractivity contribution in [2.75, 3.05) is 0 Å². The second-order valence-corrected chi connectivity index (χ2v) is 5.60. The van der Waals surface area contributed by atoms with Crippen LogP contribution in [-0.2, 0) is 5.54 Å². The summed E-state index contributed by atoms with van der Waals surface area (Å²) in [6, 6.07) is 0. The molecule has 1 heterocycles. The normalized spacial score (nSPS) is 27.4. The SMILES string of the molecule is NC1(c2csc(C3CC3)n2)CC(F)(F)C1. The minimum atomic E-state index is -2.59. The summed E-state index contributed by atoms with van der Waals surface area (Å²) in [5.74, 6) is -2.01. The van der Waals surface area contributed by atoms with E-state index in [0.29, 0.717) is 11.6 Å². The average molecular weight is 230 g/mol. The number of thiazole rings is 1. The van der Waals surface area contributed by atoms with E-state index in [-0.39, 0.29) is 12.8 Å². The third kappa shape index (κ3) is 1.58. The number of halogens is 2. The summed E-state index contributed by atoms with van der Waals surface area (Å²) in [7, 11) is 0. The Hall–Kier alpha value is -0.550. The van der Waals surface area contributed by atoms with Crippen LogP contribution in [0.2, 0.25) is 0 Å². The van der Waals surface area contributed by atoms with Crippen LogP contribution in [0.5, 0.6) is 0 Å². The predicted octanol–water partition coefficient (Wildman–Crippen LogP) is 2.60. The van der Waals surface area contributed by atoms with Gasteiger partial charge < -0.3 is 5.73 Å². The third-order valence-corrected chi connectivity index (χ3v) is 4.11. The van der Waals surface area contributed by atoms with Gasteiger partial charge in [-0.2, -0.15) is 0 Å². The molecule has 2 N–H and O–H groups in total. The summed E-state index contributed by atoms with van der Waals surface area (Å²) in [5.41, 5.74) is 5.70. The van der Waals surface area contributed by atoms with Gasteiger partial charge in [-0.05, 0) is 12.8 Å². The van der Waals surface area contributed by atoms with Gasteiger partial charge in [-0.25, -0.2) is 13.8 Å². The van der Waals surface area contributed by atoms with Crippen LogP contribution in [-0.4, -0.2) is 10.9 Å². The second-order valence-electron chi connectivity index (χ2n) is 4.71. The summed E-state index contributed by atoms with van der Waals surface area (Å²) in [6.45, 7) is 0. The van der Waals surface area contributed by atoms with E-state index in [1.54, 1.807) is 11.3 Å². The molecule has 3 rings (SSSR count). The molecule has 0 aliphatic heterocycles. The van der Waals surface area contributed by atoms with E-state index in [1.807, 2.05) is 5.38 Å². The third-order valence-electron chi connectivity index (χ3n) is 3.11. The van der Waals surface area contributed by atoms with Crippen LogP contribution in [0.4, 0.5) is 8.78 Å². The maximum atomic E-state index is 12.8. The minimum absolute atomic E-state index is 0.256. The van der Waals surface area contributed by atoms with Gasteiger partial charge in [0, 0.05) is 24.1 Å². The molecule has 2 saturated carbocycles. The van der Waals surface area contributed by atoms with Gasteiger partial charge in [-0.15, -0.1) is 11.3 Å². The van der Waals surface area contributed by atoms with Gasteiger partial charge in [0.2, 0.25) is 0 Å². The largest absolute Gasteiger partial charge is 0.320 e. The van der Waals surface area contributed by atoms with Gasteiger partial charge in [0.25, 0.3) is 5.92 Å². The van der Waals surface area contributed by atoms with Gasteiger partial charge in [-0.3, -0.25) is 0 Å². The lowest BCUT2D eigenvalue weighted by Crippen LogP contribution is -2.55. The summed E-state index contributed by atoms with van der Waals surface area (Å²) in [6.07, 6.45) is 1.85. The van der Waals surface area contributed by atoms with Crippen molar-refractivity contribution >= 4 is 11.3 Å². The lowest BCUT2D eigenvalue weighted by Gasteiger charge is -2.43. The molecule has 2 fully saturated rings. The molecule has 0 radical (unpaired) electrons. The van der Waals surface area contributed by atoms with Gasteiger partial charge >= 0.3 is 0 Å². The van der Waals surface area contributed by atoms with Crippen molar-refractivity contribution in [1.29, 1.82) is 0 Å². The first-order chi connectivity index (χ1) is 6.99. The van der Waals surface area contributed by atoms with Gasteiger partial charge in [0.15, 0.2) is 0 Å². The molecule has 1 aromatic heterocycles. The van der Waals surface area contributed by atoms with Crippen molar-refractivity contribution in [3.8, 4) is 0 Å². The highest BCUT2D eigenvalue weighted by Crippen LogP contribution is 2.51. The average Bonchev–Trinajstić information content (AvgIpc) is 2.80. The summed E-state index contributed by atoms with van der Waals surface area (Å²) < 4.78 is 25.6. The van der Waals surface area contributed by atoms with E-state index >= 15 is 0 Å². The molecule has 0 atom stereocenters.